The van der Waals surface area contributed by atoms with Crippen molar-refractivity contribution in [2.45, 2.75) is 281 Å². The molecular formula is C83H132N14O23P2S3. The molecule has 6 rings (SSSR count). The number of aliphatic hydroxyl groups is 2. The van der Waals surface area contributed by atoms with Crippen LogP contribution in [0.5, 0.6) is 0 Å². The highest BCUT2D eigenvalue weighted by Gasteiger charge is 2.49. The second kappa shape index (κ2) is 61.8. The van der Waals surface area contributed by atoms with Gasteiger partial charge in [-0.1, -0.05) is 99.0 Å². The summed E-state index contributed by atoms with van der Waals surface area (Å²) in [4.78, 5) is 145. The Labute approximate surface area is 748 Å². The van der Waals surface area contributed by atoms with Gasteiger partial charge in [-0.2, -0.15) is 10.5 Å². The number of hydrogen-bond acceptors (Lipinski definition) is 32. The van der Waals surface area contributed by atoms with Crippen molar-refractivity contribution in [3.63, 3.8) is 0 Å². The van der Waals surface area contributed by atoms with E-state index in [1.54, 1.807) is 7.11 Å². The zero-order chi connectivity index (χ0) is 93.6. The number of nitrogens with one attached hydrogen (secondary N) is 5. The van der Waals surface area contributed by atoms with Crippen LogP contribution in [0.15, 0.2) is 47.4 Å². The van der Waals surface area contributed by atoms with Crippen LogP contribution in [0.1, 0.15) is 212 Å². The zero-order valence-corrected chi connectivity index (χ0v) is 79.2. The number of aromatic amines is 3. The number of carbonyl (C=O) groups excluding carboxylic acids is 6. The largest absolute Gasteiger partial charge is 0.467 e. The lowest BCUT2D eigenvalue weighted by Crippen LogP contribution is -2.43. The maximum absolute atomic E-state index is 13.0. The Balaban J connectivity index is 0.000000835. The Morgan fingerprint density at radius 3 is 1.19 bits per heavy atom. The molecule has 3 aliphatic rings. The summed E-state index contributed by atoms with van der Waals surface area (Å²) in [5.74, 6) is 16.6. The number of amides is 2. The maximum atomic E-state index is 13.0. The van der Waals surface area contributed by atoms with Gasteiger partial charge in [0.2, 0.25) is 11.8 Å². The van der Waals surface area contributed by atoms with Gasteiger partial charge in [-0.3, -0.25) is 76.5 Å². The topological polar surface area (TPSA) is 498 Å². The molecule has 6 heterocycles. The summed E-state index contributed by atoms with van der Waals surface area (Å²) in [5.41, 5.74) is 1.50. The van der Waals surface area contributed by atoms with E-state index in [2.05, 4.69) is 175 Å². The number of thioether (sulfide) groups is 3. The summed E-state index contributed by atoms with van der Waals surface area (Å²) in [6.45, 7) is 37.8. The number of H-pyrrole nitrogens is 3. The molecule has 3 aromatic heterocycles. The van der Waals surface area contributed by atoms with Crippen molar-refractivity contribution in [2.75, 3.05) is 84.2 Å². The second-order valence-corrected chi connectivity index (χ2v) is 36.7. The molecule has 0 spiro atoms. The Bertz CT molecular complexity index is 4470. The molecule has 9 N–H and O–H groups in total. The highest BCUT2D eigenvalue weighted by Crippen LogP contribution is 2.52. The SMILES string of the molecule is C.CC(=O)SCCOC=O.CC(C)N(C(C)C)P(OCCC#N)N(C(C)C)C(C)C.CC[C@H]1O[C@@H](n2cc(C#CCN)c(=O)[nH]c2=O)[C@@H](OC)C1O.CC[C@H]1O[C@@H](n2cc(C#CCNC(=O)CCSC(C)=O)c(=O)[nH]c2=O)[C@@H](OC)C1CP(OCCC#N)N(C(C)C)C(C)C.CC[C@H]1O[C@@H](n2cc(C#CCNC(=O)CCSC(C)=O)c(=O)[nH]c2=O)[C@@H](OC)C1O. The molecule has 2 amide bonds. The maximum Gasteiger partial charge on any atom is 0.330 e. The number of nitrogens with two attached hydrogens (primary N) is 1. The van der Waals surface area contributed by atoms with Crippen LogP contribution in [-0.2, 0) is 71.0 Å². The zero-order valence-electron chi connectivity index (χ0n) is 75.0. The third-order valence-electron chi connectivity index (χ3n) is 18.3. The second-order valence-electron chi connectivity index (χ2n) is 29.4. The molecule has 42 heteroatoms. The lowest BCUT2D eigenvalue weighted by atomic mass is 9.98. The van der Waals surface area contributed by atoms with Crippen molar-refractivity contribution in [1.29, 1.82) is 10.5 Å². The molecule has 3 aromatic rings. The predicted octanol–water partition coefficient (Wildman–Crippen LogP) is 6.32. The number of methoxy groups -OCH3 is 3. The molecule has 3 aliphatic heterocycles. The standard InChI is InChI=1S/C29H44N5O7PS.C19H25N3O7S.C15H32N3OP.C14H19N3O5.C5H8O3S.CH4/c1-8-24-23(18-42(40-15-10-13-30)34(19(2)3)20(4)5)26(39-7)28(41-24)33-17-22(27(37)32-29(33)38)11-9-14-31-25(36)12-16-43-21(6)35;1-4-13-15(25)16(28-3)18(29-13)22-10-12(17(26)21-19(22)27)6-5-8-20-14(24)7-9-30-11(2)23;1-12(2)17(13(3)4)20(19-11-9-10-16)18(14(5)6)15(7)8;1-3-9-10(18)11(21-2)13(22-9)17-7-8(5-4-6-15)12(19)16-14(17)20;1-5(7)9-3-2-8-4-6;/h17,19-20,23-24,26,28H,8,10,12,14-16,18H2,1-7H3,(H,31,36)(H,32,37,38);10,13,15-16,18,25H,4,7-9H2,1-3H3,(H,20,24)(H,21,26,27);12-15H,9,11H2,1-8H3;7,9-11,13,18H,3,6,15H2,1-2H3,(H,16,19,20);4H,2-3H2,1H3;1H4/t23?,24-,26+,28-,42?;13-,15?,16+,18-;;9-,10?,11+,13-;;/m11.1../s1. The molecule has 3 saturated heterocycles. The molecule has 37 nitrogen and oxygen atoms in total. The van der Waals surface area contributed by atoms with Crippen molar-refractivity contribution < 1.29 is 81.2 Å². The highest BCUT2D eigenvalue weighted by atomic mass is 32.2. The van der Waals surface area contributed by atoms with Crippen LogP contribution in [-0.4, -0.2) is 256 Å². The van der Waals surface area contributed by atoms with E-state index >= 15 is 0 Å². The summed E-state index contributed by atoms with van der Waals surface area (Å²) in [6, 6.07) is 6.40. The number of aromatic nitrogens is 6. The van der Waals surface area contributed by atoms with Gasteiger partial charge < -0.3 is 68.8 Å². The minimum Gasteiger partial charge on any atom is -0.467 e. The van der Waals surface area contributed by atoms with Crippen LogP contribution in [0.25, 0.3) is 0 Å². The first-order chi connectivity index (χ1) is 58.8. The number of carbonyl (C=O) groups is 6. The fourth-order valence-corrected chi connectivity index (χ4v) is 19.7. The summed E-state index contributed by atoms with van der Waals surface area (Å²) >= 11 is 3.28. The first kappa shape index (κ1) is 115. The van der Waals surface area contributed by atoms with E-state index in [4.69, 9.17) is 53.7 Å². The first-order valence-corrected chi connectivity index (χ1v) is 46.3. The van der Waals surface area contributed by atoms with Gasteiger partial charge in [-0.15, -0.1) is 0 Å². The van der Waals surface area contributed by atoms with Crippen LogP contribution < -0.4 is 50.1 Å². The van der Waals surface area contributed by atoms with Gasteiger partial charge in [-0.25, -0.2) is 23.7 Å². The smallest absolute Gasteiger partial charge is 0.330 e. The van der Waals surface area contributed by atoms with Crippen LogP contribution in [0.2, 0.25) is 0 Å². The van der Waals surface area contributed by atoms with Gasteiger partial charge in [0.1, 0.15) is 62.1 Å². The van der Waals surface area contributed by atoms with Crippen LogP contribution in [0, 0.1) is 64.1 Å². The van der Waals surface area contributed by atoms with E-state index in [1.807, 2.05) is 20.8 Å². The van der Waals surface area contributed by atoms with Crippen LogP contribution in [0.3, 0.4) is 0 Å². The van der Waals surface area contributed by atoms with Gasteiger partial charge in [0, 0.05) is 139 Å². The molecule has 700 valence electrons. The summed E-state index contributed by atoms with van der Waals surface area (Å²) in [5, 5.41) is 43.4. The van der Waals surface area contributed by atoms with Gasteiger partial charge in [-0.05, 0) is 102 Å². The lowest BCUT2D eigenvalue weighted by molar-refractivity contribution is -0.128. The fraction of sp³-hybridized carbons (Fsp3) is 0.687. The number of hydrogen-bond donors (Lipinski definition) is 8. The van der Waals surface area contributed by atoms with Crippen molar-refractivity contribution >= 4 is 85.7 Å². The lowest BCUT2D eigenvalue weighted by Gasteiger charge is -2.45. The minimum absolute atomic E-state index is 0. The quantitative estimate of drug-likeness (QED) is 0.0135. The van der Waals surface area contributed by atoms with Gasteiger partial charge in [0.25, 0.3) is 23.2 Å². The summed E-state index contributed by atoms with van der Waals surface area (Å²) in [6.07, 6.45) is -0.220. The molecule has 0 radical (unpaired) electrons. The normalized spacial score (nSPS) is 20.1. The molecule has 125 heavy (non-hydrogen) atoms. The van der Waals surface area contributed by atoms with E-state index in [1.165, 1.54) is 62.7 Å². The molecule has 13 atom stereocenters. The average Bonchev–Trinajstić information content (AvgIpc) is 1.65. The number of aliphatic hydroxyl groups excluding tert-OH is 2. The minimum atomic E-state index is -1.12. The van der Waals surface area contributed by atoms with E-state index in [-0.39, 0.29) is 114 Å². The average molecular weight is 1850 g/mol. The monoisotopic (exact) mass is 1850 g/mol. The Morgan fingerprint density at radius 2 is 0.872 bits per heavy atom. The number of nitriles is 2. The fourth-order valence-electron chi connectivity index (χ4n) is 13.1. The summed E-state index contributed by atoms with van der Waals surface area (Å²) in [7, 11) is 2.44. The number of rotatable bonds is 38. The third kappa shape index (κ3) is 38.7. The predicted molar refractivity (Wildman–Crippen MR) is 485 cm³/mol. The molecule has 4 unspecified atom stereocenters. The van der Waals surface area contributed by atoms with Crippen molar-refractivity contribution in [3.05, 3.63) is 97.8 Å². The van der Waals surface area contributed by atoms with Crippen molar-refractivity contribution in [1.82, 2.24) is 53.3 Å². The molecule has 0 aliphatic carbocycles. The van der Waals surface area contributed by atoms with Crippen LogP contribution >= 0.6 is 52.0 Å². The van der Waals surface area contributed by atoms with Gasteiger partial charge >= 0.3 is 17.1 Å². The van der Waals surface area contributed by atoms with E-state index in [0.717, 1.165) is 39.9 Å². The Morgan fingerprint density at radius 1 is 0.536 bits per heavy atom. The molecule has 0 bridgehead atoms. The number of nitrogens with zero attached hydrogens (tertiary/aromatic N) is 8. The highest BCUT2D eigenvalue weighted by molar-refractivity contribution is 8.14. The molecule has 0 saturated carbocycles. The first-order valence-electron chi connectivity index (χ1n) is 40.8. The summed E-state index contributed by atoms with van der Waals surface area (Å²) < 4.78 is 61.9. The van der Waals surface area contributed by atoms with Gasteiger partial charge in [0.15, 0.2) is 42.5 Å². The Kier molecular flexibility index (Phi) is 57.1. The Hall–Kier alpha value is -7.53. The molecule has 0 aromatic carbocycles. The van der Waals surface area contributed by atoms with E-state index in [0.29, 0.717) is 99.6 Å². The number of ether oxygens (including phenoxy) is 7. The van der Waals surface area contributed by atoms with Crippen molar-refractivity contribution in [2.24, 2.45) is 11.7 Å². The van der Waals surface area contributed by atoms with Gasteiger partial charge in [0.05, 0.1) is 76.1 Å². The van der Waals surface area contributed by atoms with Crippen LogP contribution in [0.4, 0.5) is 0 Å². The molecule has 3 fully saturated rings. The molecular weight excluding hydrogens is 1720 g/mol. The van der Waals surface area contributed by atoms with Crippen molar-refractivity contribution in [3.8, 4) is 47.7 Å². The van der Waals surface area contributed by atoms with E-state index < -0.39 is 112 Å². The third-order valence-corrected chi connectivity index (χ3v) is 26.4. The van der Waals surface area contributed by atoms with E-state index in [9.17, 15) is 67.7 Å².